The van der Waals surface area contributed by atoms with Crippen LogP contribution in [0.5, 0.6) is 0 Å². The number of amides is 2. The monoisotopic (exact) mass is 1380 g/mol. The molecule has 4 aromatic rings. The minimum absolute atomic E-state index is 0.0285. The maximum Gasteiger partial charge on any atom is 0.406 e. The molecule has 24 nitrogen and oxygen atoms in total. The van der Waals surface area contributed by atoms with E-state index >= 15 is 0 Å². The minimum atomic E-state index is -2.97. The van der Waals surface area contributed by atoms with Crippen LogP contribution in [0.3, 0.4) is 0 Å². The second kappa shape index (κ2) is 47.5. The summed E-state index contributed by atoms with van der Waals surface area (Å²) in [4.78, 5) is 43.5. The number of aliphatic hydroxyl groups is 1. The Morgan fingerprint density at radius 1 is 0.594 bits per heavy atom. The van der Waals surface area contributed by atoms with Crippen molar-refractivity contribution in [1.29, 1.82) is 0 Å². The summed E-state index contributed by atoms with van der Waals surface area (Å²) in [6.07, 6.45) is 23.2. The van der Waals surface area contributed by atoms with Crippen LogP contribution in [0.15, 0.2) is 34.4 Å². The van der Waals surface area contributed by atoms with Gasteiger partial charge in [0.2, 0.25) is 10.0 Å². The van der Waals surface area contributed by atoms with Crippen molar-refractivity contribution in [2.75, 3.05) is 71.4 Å². The van der Waals surface area contributed by atoms with Crippen molar-refractivity contribution in [3.63, 3.8) is 0 Å². The number of aliphatic hydroxyl groups excluding tert-OH is 1. The standard InChI is InChI=1S/C14H27N3O.C12H20N2O2.C10H19N3O.C9H17N3.2C9H19NO2.C8H19NO2S/c1-13(2,3)8-7-9-17-10-12(15-16-17)11-18-14(4,5)6;1-12(2,3)6-5-7-14-9-8(13-4)10(15)11(9)16;1-10(2,3)5-4-6-13-7-9(8-14)11-12-13;1-9(2,3)5-4-7-12-8-6-10-11-12;1-9(2,3)6-5-7-10-8(11)12-4;1-9(2,3)6-5-7-12-8(11)10-4;1-8(2)6-5-7-9(3)12(4,10)11/h10H,7-9,11H2,1-6H3;13-14H,5-7H2,1-4H3;7,14H,4-6,8H2,1-3H3;6,8H,4-5,7H2,1-3H3;2*5-7H2,1-4H3,(H,10,11);8H,5-7H2,1-4H3. The molecule has 25 heteroatoms. The van der Waals surface area contributed by atoms with Crippen LogP contribution in [0.1, 0.15) is 261 Å². The lowest BCUT2D eigenvalue weighted by Crippen LogP contribution is -2.37. The zero-order chi connectivity index (χ0) is 74.8. The largest absolute Gasteiger partial charge is 0.453 e. The molecule has 0 saturated heterocycles. The average molecular weight is 1380 g/mol. The van der Waals surface area contributed by atoms with Crippen molar-refractivity contribution >= 4 is 33.6 Å². The number of aryl methyl sites for hydroxylation is 3. The summed E-state index contributed by atoms with van der Waals surface area (Å²) in [6, 6.07) is 0. The molecule has 1 aromatic carbocycles. The molecule has 0 fully saturated rings. The Morgan fingerprint density at radius 3 is 1.41 bits per heavy atom. The Morgan fingerprint density at radius 2 is 1.02 bits per heavy atom. The summed E-state index contributed by atoms with van der Waals surface area (Å²) in [7, 11) is 3.24. The molecule has 96 heavy (non-hydrogen) atoms. The number of rotatable bonds is 28. The van der Waals surface area contributed by atoms with Gasteiger partial charge in [-0.2, -0.15) is 0 Å². The van der Waals surface area contributed by atoms with E-state index in [4.69, 9.17) is 14.6 Å². The number of carbonyl (C=O) groups excluding carboxylic acids is 2. The molecule has 0 bridgehead atoms. The summed E-state index contributed by atoms with van der Waals surface area (Å²) in [5.74, 6) is 0.651. The number of hydrogen-bond donors (Lipinski definition) is 5. The first kappa shape index (κ1) is 94.7. The summed E-state index contributed by atoms with van der Waals surface area (Å²) in [5, 5.41) is 43.2. The maximum atomic E-state index is 11.2. The third-order valence-corrected chi connectivity index (χ3v) is 15.2. The van der Waals surface area contributed by atoms with Crippen LogP contribution in [-0.2, 0) is 57.1 Å². The SMILES string of the molecule is CC(C)(C)CCCn1cc(CO)nn1.CC(C)(C)CCCn1cc(COC(C)(C)C)nn1.CC(C)(C)CCCn1ccnn1.CC(C)CCCN(C)S(C)(=O)=O.CNC(=O)OCCCC(C)(C)C.CNc1c(NCCCC(C)(C)C)c(=O)c1=O.COC(=O)NCCCC(C)(C)C. The van der Waals surface area contributed by atoms with E-state index in [9.17, 15) is 27.6 Å². The Balaban J connectivity index is -0.00000106. The lowest BCUT2D eigenvalue weighted by atomic mass is 9.90. The molecule has 0 radical (unpaired) electrons. The zero-order valence-corrected chi connectivity index (χ0v) is 66.5. The molecule has 560 valence electrons. The molecule has 0 atom stereocenters. The van der Waals surface area contributed by atoms with E-state index in [2.05, 4.69) is 195 Å². The highest BCUT2D eigenvalue weighted by molar-refractivity contribution is 7.88. The Bertz CT molecular complexity index is 2760. The van der Waals surface area contributed by atoms with Gasteiger partial charge in [0.25, 0.3) is 10.9 Å². The van der Waals surface area contributed by atoms with E-state index in [0.717, 1.165) is 96.1 Å². The Hall–Kier alpha value is -5.53. The molecule has 3 heterocycles. The first-order valence-electron chi connectivity index (χ1n) is 34.6. The molecule has 3 aromatic heterocycles. The maximum absolute atomic E-state index is 11.2. The smallest absolute Gasteiger partial charge is 0.406 e. The minimum Gasteiger partial charge on any atom is -0.453 e. The predicted molar refractivity (Wildman–Crippen MR) is 394 cm³/mol. The summed E-state index contributed by atoms with van der Waals surface area (Å²) in [5.41, 5.74) is 3.63. The van der Waals surface area contributed by atoms with Gasteiger partial charge in [-0.05, 0) is 149 Å². The predicted octanol–water partition coefficient (Wildman–Crippen LogP) is 14.3. The van der Waals surface area contributed by atoms with Gasteiger partial charge in [-0.15, -0.1) is 15.3 Å². The number of anilines is 2. The molecular weight excluding hydrogens is 1240 g/mol. The van der Waals surface area contributed by atoms with Crippen LogP contribution < -0.4 is 32.1 Å². The van der Waals surface area contributed by atoms with Gasteiger partial charge in [-0.25, -0.2) is 22.3 Å². The lowest BCUT2D eigenvalue weighted by Gasteiger charge is -2.18. The fourth-order valence-electron chi connectivity index (χ4n) is 8.23. The molecule has 0 saturated carbocycles. The van der Waals surface area contributed by atoms with Crippen molar-refractivity contribution in [2.24, 2.45) is 38.4 Å². The van der Waals surface area contributed by atoms with E-state index < -0.39 is 20.9 Å². The van der Waals surface area contributed by atoms with Crippen LogP contribution in [0.2, 0.25) is 0 Å². The van der Waals surface area contributed by atoms with Crippen molar-refractivity contribution < 1.29 is 37.3 Å². The fraction of sp³-hybridized carbons (Fsp3) is 0.831. The van der Waals surface area contributed by atoms with Crippen molar-refractivity contribution in [3.8, 4) is 0 Å². The first-order valence-corrected chi connectivity index (χ1v) is 36.4. The number of carbonyl (C=O) groups is 2. The summed E-state index contributed by atoms with van der Waals surface area (Å²) in [6.45, 7) is 56.2. The topological polar surface area (TPSA) is 294 Å². The van der Waals surface area contributed by atoms with Gasteiger partial charge >= 0.3 is 12.2 Å². The fourth-order valence-corrected chi connectivity index (χ4v) is 8.69. The van der Waals surface area contributed by atoms with Crippen molar-refractivity contribution in [1.82, 2.24) is 59.9 Å². The lowest BCUT2D eigenvalue weighted by molar-refractivity contribution is -0.0165. The second-order valence-corrected chi connectivity index (χ2v) is 35.3. The molecule has 0 spiro atoms. The quantitative estimate of drug-likeness (QED) is 0.0261. The Labute approximate surface area is 582 Å². The number of hydrogen-bond acceptors (Lipinski definition) is 18. The number of nitrogens with zero attached hydrogens (tertiary/aromatic N) is 10. The molecule has 2 amide bonds. The third kappa shape index (κ3) is 59.7. The summed E-state index contributed by atoms with van der Waals surface area (Å²) >= 11 is 0. The highest BCUT2D eigenvalue weighted by atomic mass is 32.2. The van der Waals surface area contributed by atoms with Crippen LogP contribution in [-0.4, -0.2) is 141 Å². The highest BCUT2D eigenvalue weighted by Crippen LogP contribution is 2.25. The zero-order valence-electron chi connectivity index (χ0n) is 65.7. The van der Waals surface area contributed by atoms with Gasteiger partial charge in [-0.3, -0.25) is 23.6 Å². The average Bonchev–Trinajstić information content (AvgIpc) is 0.810. The number of methoxy groups -OCH3 is 1. The van der Waals surface area contributed by atoms with Crippen molar-refractivity contribution in [2.45, 2.75) is 288 Å². The van der Waals surface area contributed by atoms with E-state index in [1.54, 1.807) is 38.2 Å². The highest BCUT2D eigenvalue weighted by Gasteiger charge is 2.20. The summed E-state index contributed by atoms with van der Waals surface area (Å²) < 4.78 is 43.8. The Kier molecular flexibility index (Phi) is 46.8. The van der Waals surface area contributed by atoms with Crippen LogP contribution in [0, 0.1) is 38.4 Å². The molecule has 4 rings (SSSR count). The van der Waals surface area contributed by atoms with Crippen LogP contribution in [0.25, 0.3) is 0 Å². The number of nitrogens with one attached hydrogen (secondary N) is 4. The van der Waals surface area contributed by atoms with Crippen LogP contribution >= 0.6 is 0 Å². The van der Waals surface area contributed by atoms with Gasteiger partial charge in [0, 0.05) is 66.6 Å². The van der Waals surface area contributed by atoms with E-state index in [-0.39, 0.29) is 24.4 Å². The van der Waals surface area contributed by atoms with Gasteiger partial charge in [0.1, 0.15) is 22.8 Å². The number of ether oxygens (including phenoxy) is 3. The number of alkyl carbamates (subject to hydrolysis) is 2. The van der Waals surface area contributed by atoms with Crippen molar-refractivity contribution in [3.05, 3.63) is 56.6 Å². The number of sulfonamides is 1. The molecule has 0 aliphatic heterocycles. The van der Waals surface area contributed by atoms with Gasteiger partial charge in [-0.1, -0.05) is 154 Å². The third-order valence-electron chi connectivity index (χ3n) is 13.9. The van der Waals surface area contributed by atoms with E-state index in [0.29, 0.717) is 81.8 Å². The van der Waals surface area contributed by atoms with Gasteiger partial charge in [0.15, 0.2) is 0 Å². The van der Waals surface area contributed by atoms with E-state index in [1.165, 1.54) is 43.4 Å². The molecule has 0 aliphatic carbocycles. The van der Waals surface area contributed by atoms with E-state index in [1.807, 2.05) is 42.5 Å². The number of aromatic nitrogens is 9. The normalized spacial score (nSPS) is 12.0. The molecule has 0 aliphatic rings. The van der Waals surface area contributed by atoms with Gasteiger partial charge < -0.3 is 40.6 Å². The molecular formula is C71H140N14O10S. The molecule has 5 N–H and O–H groups in total. The molecule has 0 unspecified atom stereocenters. The second-order valence-electron chi connectivity index (χ2n) is 33.2. The van der Waals surface area contributed by atoms with Gasteiger partial charge in [0.05, 0.1) is 57.4 Å². The first-order chi connectivity index (χ1) is 43.9. The van der Waals surface area contributed by atoms with Crippen LogP contribution in [0.4, 0.5) is 21.0 Å².